The largest absolute Gasteiger partial charge is 0.493 e. The molecule has 0 amide bonds. The standard InChI is InChI=1S/C17H19N5O2/c1-3-9-24-13-8-6-5-7-11(13)14-20-15-12(16(23)21-14)10-19-17(22-15)18-4-2/h5-8,10H,3-4,9H2,1-2H3,(H2,18,19,20,21,22,23). The molecule has 0 bridgehead atoms. The van der Waals surface area contributed by atoms with Gasteiger partial charge < -0.3 is 15.0 Å². The maximum Gasteiger partial charge on any atom is 0.262 e. The monoisotopic (exact) mass is 325 g/mol. The first-order chi connectivity index (χ1) is 11.7. The molecule has 0 atom stereocenters. The molecule has 0 unspecified atom stereocenters. The molecule has 0 fully saturated rings. The summed E-state index contributed by atoms with van der Waals surface area (Å²) in [5.41, 5.74) is 0.807. The molecule has 7 nitrogen and oxygen atoms in total. The minimum absolute atomic E-state index is 0.275. The van der Waals surface area contributed by atoms with E-state index in [1.807, 2.05) is 38.1 Å². The summed E-state index contributed by atoms with van der Waals surface area (Å²) in [6.07, 6.45) is 2.38. The lowest BCUT2D eigenvalue weighted by Gasteiger charge is -2.10. The molecular weight excluding hydrogens is 306 g/mol. The van der Waals surface area contributed by atoms with Crippen molar-refractivity contribution < 1.29 is 4.74 Å². The average molecular weight is 325 g/mol. The number of hydrogen-bond donors (Lipinski definition) is 2. The molecule has 0 aliphatic rings. The molecule has 0 saturated heterocycles. The third-order valence-corrected chi connectivity index (χ3v) is 3.40. The quantitative estimate of drug-likeness (QED) is 0.723. The Balaban J connectivity index is 2.11. The van der Waals surface area contributed by atoms with Crippen molar-refractivity contribution in [2.45, 2.75) is 20.3 Å². The van der Waals surface area contributed by atoms with Crippen LogP contribution in [-0.4, -0.2) is 33.1 Å². The van der Waals surface area contributed by atoms with Gasteiger partial charge in [0, 0.05) is 12.7 Å². The van der Waals surface area contributed by atoms with E-state index in [1.165, 1.54) is 6.20 Å². The van der Waals surface area contributed by atoms with Crippen molar-refractivity contribution in [3.63, 3.8) is 0 Å². The summed E-state index contributed by atoms with van der Waals surface area (Å²) in [7, 11) is 0. The van der Waals surface area contributed by atoms with Crippen LogP contribution in [0.4, 0.5) is 5.95 Å². The van der Waals surface area contributed by atoms with Gasteiger partial charge in [-0.25, -0.2) is 9.97 Å². The number of benzene rings is 1. The highest BCUT2D eigenvalue weighted by Gasteiger charge is 2.12. The van der Waals surface area contributed by atoms with E-state index >= 15 is 0 Å². The SMILES string of the molecule is CCCOc1ccccc1-c1nc2nc(NCC)ncc2c(=O)[nH]1. The molecule has 0 aliphatic heterocycles. The van der Waals surface area contributed by atoms with E-state index in [4.69, 9.17) is 4.74 Å². The van der Waals surface area contributed by atoms with Gasteiger partial charge in [0.1, 0.15) is 17.0 Å². The third-order valence-electron chi connectivity index (χ3n) is 3.40. The van der Waals surface area contributed by atoms with E-state index in [2.05, 4.69) is 25.3 Å². The second kappa shape index (κ2) is 7.08. The molecule has 2 N–H and O–H groups in total. The Kier molecular flexibility index (Phi) is 4.69. The molecule has 0 radical (unpaired) electrons. The van der Waals surface area contributed by atoms with Crippen molar-refractivity contribution in [1.82, 2.24) is 19.9 Å². The number of nitrogens with zero attached hydrogens (tertiary/aromatic N) is 3. The van der Waals surface area contributed by atoms with E-state index in [-0.39, 0.29) is 5.56 Å². The molecule has 3 rings (SSSR count). The number of hydrogen-bond acceptors (Lipinski definition) is 6. The van der Waals surface area contributed by atoms with Gasteiger partial charge in [-0.3, -0.25) is 4.79 Å². The normalized spacial score (nSPS) is 10.8. The Morgan fingerprint density at radius 3 is 2.83 bits per heavy atom. The predicted octanol–water partition coefficient (Wildman–Crippen LogP) is 2.60. The summed E-state index contributed by atoms with van der Waals surface area (Å²) in [6.45, 7) is 5.28. The van der Waals surface area contributed by atoms with Crippen LogP contribution >= 0.6 is 0 Å². The Morgan fingerprint density at radius 2 is 2.04 bits per heavy atom. The van der Waals surface area contributed by atoms with Crippen molar-refractivity contribution in [3.05, 3.63) is 40.8 Å². The molecule has 0 aliphatic carbocycles. The molecule has 7 heteroatoms. The number of rotatable bonds is 6. The molecule has 2 heterocycles. The Morgan fingerprint density at radius 1 is 1.21 bits per heavy atom. The number of ether oxygens (including phenoxy) is 1. The fraction of sp³-hybridized carbons (Fsp3) is 0.294. The second-order valence-electron chi connectivity index (χ2n) is 5.22. The van der Waals surface area contributed by atoms with Gasteiger partial charge in [0.25, 0.3) is 5.56 Å². The van der Waals surface area contributed by atoms with Crippen molar-refractivity contribution in [2.75, 3.05) is 18.5 Å². The number of nitrogens with one attached hydrogen (secondary N) is 2. The van der Waals surface area contributed by atoms with Crippen molar-refractivity contribution >= 4 is 17.0 Å². The number of aromatic amines is 1. The van der Waals surface area contributed by atoms with Gasteiger partial charge in [-0.15, -0.1) is 0 Å². The molecule has 3 aromatic rings. The third kappa shape index (κ3) is 3.19. The van der Waals surface area contributed by atoms with Crippen molar-refractivity contribution in [2.24, 2.45) is 0 Å². The zero-order valence-electron chi connectivity index (χ0n) is 13.7. The second-order valence-corrected chi connectivity index (χ2v) is 5.22. The Labute approximate surface area is 139 Å². The van der Waals surface area contributed by atoms with Crippen LogP contribution in [0, 0.1) is 0 Å². The van der Waals surface area contributed by atoms with Gasteiger partial charge >= 0.3 is 0 Å². The Hall–Kier alpha value is -2.96. The summed E-state index contributed by atoms with van der Waals surface area (Å²) >= 11 is 0. The van der Waals surface area contributed by atoms with E-state index in [9.17, 15) is 4.79 Å². The fourth-order valence-electron chi connectivity index (χ4n) is 2.30. The topological polar surface area (TPSA) is 92.8 Å². The smallest absolute Gasteiger partial charge is 0.262 e. The number of fused-ring (bicyclic) bond motifs is 1. The van der Waals surface area contributed by atoms with Gasteiger partial charge in [0.05, 0.1) is 12.2 Å². The number of aromatic nitrogens is 4. The van der Waals surface area contributed by atoms with Crippen LogP contribution in [0.25, 0.3) is 22.4 Å². The minimum Gasteiger partial charge on any atom is -0.493 e. The summed E-state index contributed by atoms with van der Waals surface area (Å²) in [5, 5.41) is 3.37. The highest BCUT2D eigenvalue weighted by atomic mass is 16.5. The van der Waals surface area contributed by atoms with Crippen molar-refractivity contribution in [3.8, 4) is 17.1 Å². The average Bonchev–Trinajstić information content (AvgIpc) is 2.60. The molecule has 124 valence electrons. The highest BCUT2D eigenvalue weighted by molar-refractivity contribution is 5.77. The van der Waals surface area contributed by atoms with E-state index in [1.54, 1.807) is 0 Å². The van der Waals surface area contributed by atoms with Crippen LogP contribution in [0.1, 0.15) is 20.3 Å². The van der Waals surface area contributed by atoms with Gasteiger partial charge in [-0.05, 0) is 25.5 Å². The molecule has 24 heavy (non-hydrogen) atoms. The Bertz CT molecular complexity index is 907. The molecule has 0 saturated carbocycles. The number of H-pyrrole nitrogens is 1. The van der Waals surface area contributed by atoms with Crippen LogP contribution in [-0.2, 0) is 0 Å². The lowest BCUT2D eigenvalue weighted by atomic mass is 10.2. The minimum atomic E-state index is -0.275. The number of anilines is 1. The fourth-order valence-corrected chi connectivity index (χ4v) is 2.30. The summed E-state index contributed by atoms with van der Waals surface area (Å²) in [4.78, 5) is 28.0. The van der Waals surface area contributed by atoms with Crippen LogP contribution in [0.5, 0.6) is 5.75 Å². The maximum atomic E-state index is 12.3. The van der Waals surface area contributed by atoms with Gasteiger partial charge in [0.15, 0.2) is 5.65 Å². The summed E-state index contributed by atoms with van der Waals surface area (Å²) in [6, 6.07) is 7.49. The zero-order chi connectivity index (χ0) is 16.9. The maximum absolute atomic E-state index is 12.3. The first-order valence-electron chi connectivity index (χ1n) is 7.96. The van der Waals surface area contributed by atoms with Crippen LogP contribution in [0.15, 0.2) is 35.3 Å². The van der Waals surface area contributed by atoms with Gasteiger partial charge in [-0.2, -0.15) is 4.98 Å². The van der Waals surface area contributed by atoms with Crippen molar-refractivity contribution in [1.29, 1.82) is 0 Å². The van der Waals surface area contributed by atoms with E-state index in [0.717, 1.165) is 12.0 Å². The summed E-state index contributed by atoms with van der Waals surface area (Å²) < 4.78 is 5.75. The van der Waals surface area contributed by atoms with Gasteiger partial charge in [0.2, 0.25) is 5.95 Å². The molecular formula is C17H19N5O2. The number of para-hydroxylation sites is 1. The van der Waals surface area contributed by atoms with Crippen LogP contribution in [0.2, 0.25) is 0 Å². The molecule has 1 aromatic carbocycles. The zero-order valence-corrected chi connectivity index (χ0v) is 13.7. The van der Waals surface area contributed by atoms with Gasteiger partial charge in [-0.1, -0.05) is 19.1 Å². The first kappa shape index (κ1) is 15.9. The predicted molar refractivity (Wildman–Crippen MR) is 93.3 cm³/mol. The van der Waals surface area contributed by atoms with Crippen LogP contribution in [0.3, 0.4) is 0 Å². The summed E-state index contributed by atoms with van der Waals surface area (Å²) in [5.74, 6) is 1.56. The van der Waals surface area contributed by atoms with E-state index in [0.29, 0.717) is 41.7 Å². The van der Waals surface area contributed by atoms with Crippen LogP contribution < -0.4 is 15.6 Å². The molecule has 0 spiro atoms. The lowest BCUT2D eigenvalue weighted by Crippen LogP contribution is -2.13. The van der Waals surface area contributed by atoms with E-state index < -0.39 is 0 Å². The first-order valence-corrected chi connectivity index (χ1v) is 7.96. The highest BCUT2D eigenvalue weighted by Crippen LogP contribution is 2.27. The molecule has 2 aromatic heterocycles. The lowest BCUT2D eigenvalue weighted by molar-refractivity contribution is 0.318.